The van der Waals surface area contributed by atoms with Crippen LogP contribution in [0.15, 0.2) is 0 Å². The number of hydrogen-bond donors (Lipinski definition) is 3. The van der Waals surface area contributed by atoms with Gasteiger partial charge in [-0.3, -0.25) is 4.79 Å². The van der Waals surface area contributed by atoms with Gasteiger partial charge in [0.1, 0.15) is 0 Å². The third-order valence-electron chi connectivity index (χ3n) is 1.86. The fraction of sp³-hybridized carbons (Fsp3) is 0.714. The van der Waals surface area contributed by atoms with E-state index in [0.29, 0.717) is 5.92 Å². The maximum Gasteiger partial charge on any atom is 0.405 e. The summed E-state index contributed by atoms with van der Waals surface area (Å²) in [6, 6.07) is 0.257. The molecule has 0 bridgehead atoms. The average Bonchev–Trinajstić information content (AvgIpc) is 2.62. The molecule has 0 spiro atoms. The van der Waals surface area contributed by atoms with Crippen LogP contribution < -0.4 is 10.6 Å². The number of amides is 2. The van der Waals surface area contributed by atoms with Gasteiger partial charge in [0.2, 0.25) is 5.91 Å². The first kappa shape index (κ1) is 12.0. The Balaban J connectivity index is 0.00000144. The highest BCUT2D eigenvalue weighted by atomic mass is 35.5. The summed E-state index contributed by atoms with van der Waals surface area (Å²) in [7, 11) is 0. The lowest BCUT2D eigenvalue weighted by Gasteiger charge is -2.02. The van der Waals surface area contributed by atoms with Crippen LogP contribution in [0, 0.1) is 5.92 Å². The second-order valence-electron chi connectivity index (χ2n) is 3.05. The highest BCUT2D eigenvalue weighted by molar-refractivity contribution is 5.85. The van der Waals surface area contributed by atoms with Crippen LogP contribution >= 0.6 is 12.4 Å². The van der Waals surface area contributed by atoms with Crippen molar-refractivity contribution in [3.63, 3.8) is 0 Å². The molecule has 13 heavy (non-hydrogen) atoms. The minimum atomic E-state index is -1.17. The quantitative estimate of drug-likeness (QED) is 0.620. The van der Waals surface area contributed by atoms with E-state index in [9.17, 15) is 9.59 Å². The zero-order chi connectivity index (χ0) is 9.14. The van der Waals surface area contributed by atoms with E-state index in [4.69, 9.17) is 5.11 Å². The van der Waals surface area contributed by atoms with Crippen molar-refractivity contribution in [2.45, 2.75) is 19.4 Å². The molecule has 2 unspecified atom stereocenters. The van der Waals surface area contributed by atoms with Gasteiger partial charge in [-0.25, -0.2) is 4.79 Å². The van der Waals surface area contributed by atoms with E-state index >= 15 is 0 Å². The molecule has 6 heteroatoms. The van der Waals surface area contributed by atoms with Crippen LogP contribution in [-0.4, -0.2) is 29.7 Å². The number of rotatable bonds is 3. The smallest absolute Gasteiger partial charge is 0.405 e. The molecule has 5 nitrogen and oxygen atoms in total. The minimum Gasteiger partial charge on any atom is -0.465 e. The fourth-order valence-electron chi connectivity index (χ4n) is 0.937. The highest BCUT2D eigenvalue weighted by Crippen LogP contribution is 2.28. The summed E-state index contributed by atoms with van der Waals surface area (Å²) >= 11 is 0. The van der Waals surface area contributed by atoms with Crippen molar-refractivity contribution >= 4 is 24.4 Å². The molecule has 2 amide bonds. The lowest BCUT2D eigenvalue weighted by atomic mass is 10.4. The molecule has 76 valence electrons. The van der Waals surface area contributed by atoms with Gasteiger partial charge < -0.3 is 15.7 Å². The van der Waals surface area contributed by atoms with E-state index in [1.54, 1.807) is 0 Å². The van der Waals surface area contributed by atoms with Crippen LogP contribution in [0.3, 0.4) is 0 Å². The van der Waals surface area contributed by atoms with Crippen LogP contribution in [0.4, 0.5) is 4.79 Å². The molecule has 0 radical (unpaired) electrons. The molecule has 0 heterocycles. The van der Waals surface area contributed by atoms with Gasteiger partial charge in [0, 0.05) is 6.04 Å². The van der Waals surface area contributed by atoms with Gasteiger partial charge >= 0.3 is 6.09 Å². The Morgan fingerprint density at radius 2 is 2.08 bits per heavy atom. The van der Waals surface area contributed by atoms with Crippen LogP contribution in [-0.2, 0) is 4.79 Å². The third-order valence-corrected chi connectivity index (χ3v) is 1.86. The van der Waals surface area contributed by atoms with Crippen molar-refractivity contribution in [1.29, 1.82) is 0 Å². The Bertz CT molecular complexity index is 210. The molecule has 2 atom stereocenters. The zero-order valence-electron chi connectivity index (χ0n) is 7.24. The Hall–Kier alpha value is -0.970. The van der Waals surface area contributed by atoms with Gasteiger partial charge in [-0.2, -0.15) is 0 Å². The monoisotopic (exact) mass is 208 g/mol. The van der Waals surface area contributed by atoms with Gasteiger partial charge in [-0.15, -0.1) is 12.4 Å². The van der Waals surface area contributed by atoms with Crippen molar-refractivity contribution < 1.29 is 14.7 Å². The van der Waals surface area contributed by atoms with E-state index < -0.39 is 6.09 Å². The first-order chi connectivity index (χ1) is 5.59. The van der Waals surface area contributed by atoms with Crippen molar-refractivity contribution in [3.8, 4) is 0 Å². The molecule has 1 saturated carbocycles. The zero-order valence-corrected chi connectivity index (χ0v) is 8.06. The summed E-state index contributed by atoms with van der Waals surface area (Å²) in [6.45, 7) is 1.88. The lowest BCUT2D eigenvalue weighted by molar-refractivity contribution is -0.120. The first-order valence-electron chi connectivity index (χ1n) is 3.85. The highest BCUT2D eigenvalue weighted by Gasteiger charge is 2.33. The topological polar surface area (TPSA) is 78.4 Å². The molecule has 3 N–H and O–H groups in total. The lowest BCUT2D eigenvalue weighted by Crippen LogP contribution is -2.37. The summed E-state index contributed by atoms with van der Waals surface area (Å²) in [6.07, 6.45) is -0.173. The SMILES string of the molecule is CC1CC1NC(=O)CNC(=O)O.Cl. The number of carbonyl (C=O) groups excluding carboxylic acids is 1. The first-order valence-corrected chi connectivity index (χ1v) is 3.85. The number of nitrogens with one attached hydrogen (secondary N) is 2. The number of carboxylic acid groups (broad SMARTS) is 1. The summed E-state index contributed by atoms with van der Waals surface area (Å²) in [4.78, 5) is 20.9. The summed E-state index contributed by atoms with van der Waals surface area (Å²) in [5.74, 6) is 0.283. The predicted molar refractivity (Wildman–Crippen MR) is 49.0 cm³/mol. The summed E-state index contributed by atoms with van der Waals surface area (Å²) in [5.41, 5.74) is 0. The van der Waals surface area contributed by atoms with Crippen LogP contribution in [0.5, 0.6) is 0 Å². The molecule has 0 aromatic carbocycles. The Morgan fingerprint density at radius 1 is 1.54 bits per heavy atom. The van der Waals surface area contributed by atoms with E-state index in [1.165, 1.54) is 0 Å². The maximum absolute atomic E-state index is 10.9. The molecule has 0 aromatic heterocycles. The molecule has 1 rings (SSSR count). The molecule has 1 fully saturated rings. The minimum absolute atomic E-state index is 0. The Labute approximate surface area is 82.3 Å². The number of hydrogen-bond acceptors (Lipinski definition) is 2. The van der Waals surface area contributed by atoms with Crippen LogP contribution in [0.1, 0.15) is 13.3 Å². The number of carbonyl (C=O) groups is 2. The Kier molecular flexibility index (Phi) is 4.55. The molecule has 0 saturated heterocycles. The van der Waals surface area contributed by atoms with E-state index in [2.05, 4.69) is 5.32 Å². The van der Waals surface area contributed by atoms with E-state index in [1.807, 2.05) is 12.2 Å². The molecule has 1 aliphatic carbocycles. The summed E-state index contributed by atoms with van der Waals surface area (Å²) in [5, 5.41) is 12.9. The van der Waals surface area contributed by atoms with Gasteiger partial charge in [-0.05, 0) is 12.3 Å². The van der Waals surface area contributed by atoms with Crippen molar-refractivity contribution in [3.05, 3.63) is 0 Å². The molecule has 1 aliphatic rings. The second kappa shape index (κ2) is 4.91. The van der Waals surface area contributed by atoms with Crippen molar-refractivity contribution in [2.24, 2.45) is 5.92 Å². The van der Waals surface area contributed by atoms with Gasteiger partial charge in [-0.1, -0.05) is 6.92 Å². The molecular formula is C7H13ClN2O3. The van der Waals surface area contributed by atoms with E-state index in [-0.39, 0.29) is 30.9 Å². The molecule has 0 aliphatic heterocycles. The average molecular weight is 209 g/mol. The standard InChI is InChI=1S/C7H12N2O3.ClH/c1-4-2-5(4)9-6(10)3-8-7(11)12;/h4-5,8H,2-3H2,1H3,(H,9,10)(H,11,12);1H. The maximum atomic E-state index is 10.9. The van der Waals surface area contributed by atoms with Crippen LogP contribution in [0.2, 0.25) is 0 Å². The predicted octanol–water partition coefficient (Wildman–Crippen LogP) is 0.200. The fourth-order valence-corrected chi connectivity index (χ4v) is 0.937. The normalized spacial score (nSPS) is 24.1. The van der Waals surface area contributed by atoms with Crippen molar-refractivity contribution in [1.82, 2.24) is 10.6 Å². The Morgan fingerprint density at radius 3 is 2.46 bits per heavy atom. The van der Waals surface area contributed by atoms with Gasteiger partial charge in [0.15, 0.2) is 0 Å². The van der Waals surface area contributed by atoms with Gasteiger partial charge in [0.05, 0.1) is 6.54 Å². The largest absolute Gasteiger partial charge is 0.465 e. The van der Waals surface area contributed by atoms with Crippen LogP contribution in [0.25, 0.3) is 0 Å². The third kappa shape index (κ3) is 4.57. The van der Waals surface area contributed by atoms with Crippen molar-refractivity contribution in [2.75, 3.05) is 6.54 Å². The molecule has 0 aromatic rings. The number of halogens is 1. The molecular weight excluding hydrogens is 196 g/mol. The van der Waals surface area contributed by atoms with E-state index in [0.717, 1.165) is 6.42 Å². The summed E-state index contributed by atoms with van der Waals surface area (Å²) < 4.78 is 0. The van der Waals surface area contributed by atoms with Gasteiger partial charge in [0.25, 0.3) is 0 Å². The second-order valence-corrected chi connectivity index (χ2v) is 3.05.